The van der Waals surface area contributed by atoms with E-state index in [0.29, 0.717) is 30.3 Å². The third-order valence-corrected chi connectivity index (χ3v) is 9.09. The summed E-state index contributed by atoms with van der Waals surface area (Å²) in [6.07, 6.45) is 63.6. The van der Waals surface area contributed by atoms with Crippen molar-refractivity contribution in [2.24, 2.45) is 0 Å². The van der Waals surface area contributed by atoms with Crippen molar-refractivity contribution in [1.82, 2.24) is 0 Å². The minimum Gasteiger partial charge on any atom is -0.477 e. The topological polar surface area (TPSA) is 108 Å². The molecule has 0 aromatic heterocycles. The van der Waals surface area contributed by atoms with Crippen molar-refractivity contribution in [3.63, 3.8) is 0 Å². The van der Waals surface area contributed by atoms with Gasteiger partial charge < -0.3 is 28.5 Å². The van der Waals surface area contributed by atoms with Crippen molar-refractivity contribution < 1.29 is 42.9 Å². The summed E-state index contributed by atoms with van der Waals surface area (Å²) in [4.78, 5) is 37.2. The van der Waals surface area contributed by atoms with Crippen LogP contribution in [0.25, 0.3) is 0 Å². The van der Waals surface area contributed by atoms with Crippen LogP contribution in [-0.2, 0) is 33.3 Å². The second-order valence-corrected chi connectivity index (χ2v) is 16.3. The monoisotopic (exact) mass is 901 g/mol. The van der Waals surface area contributed by atoms with Crippen molar-refractivity contribution in [3.8, 4) is 0 Å². The van der Waals surface area contributed by atoms with E-state index in [9.17, 15) is 19.5 Å². The molecule has 65 heavy (non-hydrogen) atoms. The van der Waals surface area contributed by atoms with Gasteiger partial charge in [-0.25, -0.2) is 4.79 Å². The average Bonchev–Trinajstić information content (AvgIpc) is 3.27. The number of carbonyl (C=O) groups is 3. The highest BCUT2D eigenvalue weighted by atomic mass is 16.7. The summed E-state index contributed by atoms with van der Waals surface area (Å²) in [6.45, 7) is 4.46. The summed E-state index contributed by atoms with van der Waals surface area (Å²) in [6, 6.07) is 0. The molecule has 0 heterocycles. The largest absolute Gasteiger partial charge is 0.477 e. The van der Waals surface area contributed by atoms with Crippen LogP contribution in [0.3, 0.4) is 0 Å². The van der Waals surface area contributed by atoms with Crippen LogP contribution in [0.1, 0.15) is 129 Å². The maximum atomic E-state index is 12.8. The Morgan fingerprint density at radius 3 is 1.14 bits per heavy atom. The van der Waals surface area contributed by atoms with Gasteiger partial charge in [0.25, 0.3) is 6.29 Å². The molecule has 1 N–H and O–H groups in total. The molecular weight excluding hydrogens is 815 g/mol. The summed E-state index contributed by atoms with van der Waals surface area (Å²) < 4.78 is 22.6. The molecule has 0 aliphatic carbocycles. The third-order valence-electron chi connectivity index (χ3n) is 9.09. The molecule has 0 amide bonds. The van der Waals surface area contributed by atoms with Crippen LogP contribution in [0.4, 0.5) is 0 Å². The van der Waals surface area contributed by atoms with Crippen molar-refractivity contribution >= 4 is 17.9 Å². The lowest BCUT2D eigenvalue weighted by Crippen LogP contribution is -2.40. The van der Waals surface area contributed by atoms with Crippen molar-refractivity contribution in [1.29, 1.82) is 0 Å². The zero-order chi connectivity index (χ0) is 47.7. The Morgan fingerprint density at radius 2 is 0.800 bits per heavy atom. The van der Waals surface area contributed by atoms with Gasteiger partial charge in [0.05, 0.1) is 34.4 Å². The maximum Gasteiger partial charge on any atom is 0.361 e. The van der Waals surface area contributed by atoms with Gasteiger partial charge in [0, 0.05) is 12.8 Å². The Labute approximate surface area is 394 Å². The standard InChI is InChI=1S/C56H85NO8/c1-6-8-10-12-14-16-18-20-22-24-25-26-27-28-29-31-33-35-37-39-41-43-45-47-54(59)65-52(51-64-56(55(60)61)62-49-48-57(3,4)5)50-63-53(58)46-44-42-40-38-36-34-32-30-23-21-19-17-15-13-11-9-7-2/h8-11,14-17,20-23,25-26,28-29,32-35,38-41,52,56H,6-7,12-13,18-19,24,27,30-31,36-37,42-51H2,1-5H3/p+1/b10-8-,11-9-,16-14-,17-15-,22-20-,23-21-,26-25-,29-28-,34-32-,35-33-,40-38-,41-39-. The van der Waals surface area contributed by atoms with Crippen LogP contribution in [0, 0.1) is 0 Å². The molecule has 2 atom stereocenters. The first kappa shape index (κ1) is 60.2. The van der Waals surface area contributed by atoms with Crippen LogP contribution in [0.2, 0.25) is 0 Å². The van der Waals surface area contributed by atoms with E-state index in [1.54, 1.807) is 0 Å². The van der Waals surface area contributed by atoms with E-state index >= 15 is 0 Å². The first-order valence-electron chi connectivity index (χ1n) is 24.0. The van der Waals surface area contributed by atoms with Crippen molar-refractivity contribution in [2.75, 3.05) is 47.5 Å². The van der Waals surface area contributed by atoms with E-state index in [4.69, 9.17) is 18.9 Å². The first-order valence-corrected chi connectivity index (χ1v) is 24.0. The minimum atomic E-state index is -1.55. The summed E-state index contributed by atoms with van der Waals surface area (Å²) in [5, 5.41) is 9.65. The number of esters is 2. The van der Waals surface area contributed by atoms with Crippen LogP contribution in [0.5, 0.6) is 0 Å². The number of likely N-dealkylation sites (N-methyl/N-ethyl adjacent to an activating group) is 1. The van der Waals surface area contributed by atoms with E-state index in [1.165, 1.54) is 0 Å². The number of hydrogen-bond donors (Lipinski definition) is 1. The Hall–Kier alpha value is -4.83. The molecule has 362 valence electrons. The van der Waals surface area contributed by atoms with Gasteiger partial charge in [-0.2, -0.15) is 0 Å². The smallest absolute Gasteiger partial charge is 0.361 e. The molecule has 9 nitrogen and oxygen atoms in total. The molecule has 9 heteroatoms. The highest BCUT2D eigenvalue weighted by Gasteiger charge is 2.25. The molecule has 0 spiro atoms. The highest BCUT2D eigenvalue weighted by molar-refractivity contribution is 5.71. The van der Waals surface area contributed by atoms with Crippen LogP contribution in [-0.4, -0.2) is 87.4 Å². The highest BCUT2D eigenvalue weighted by Crippen LogP contribution is 2.09. The van der Waals surface area contributed by atoms with Gasteiger partial charge in [-0.15, -0.1) is 0 Å². The molecule has 0 aromatic rings. The number of carbonyl (C=O) groups excluding carboxylic acids is 2. The van der Waals surface area contributed by atoms with E-state index < -0.39 is 30.3 Å². The lowest BCUT2D eigenvalue weighted by atomic mass is 10.2. The number of carboxylic acids is 1. The minimum absolute atomic E-state index is 0.157. The number of allylic oxidation sites excluding steroid dienone is 24. The summed E-state index contributed by atoms with van der Waals surface area (Å²) in [5.74, 6) is -2.19. The first-order chi connectivity index (χ1) is 31.6. The molecule has 0 aliphatic rings. The molecule has 0 saturated heterocycles. The van der Waals surface area contributed by atoms with E-state index in [-0.39, 0.29) is 32.7 Å². The summed E-state index contributed by atoms with van der Waals surface area (Å²) >= 11 is 0. The number of nitrogens with zero attached hydrogens (tertiary/aromatic N) is 1. The summed E-state index contributed by atoms with van der Waals surface area (Å²) in [5.41, 5.74) is 0. The Morgan fingerprint density at radius 1 is 0.462 bits per heavy atom. The number of aliphatic carboxylic acids is 1. The molecule has 0 fully saturated rings. The van der Waals surface area contributed by atoms with Crippen molar-refractivity contribution in [2.45, 2.75) is 142 Å². The molecule has 0 rings (SSSR count). The number of carboxylic acid groups (broad SMARTS) is 1. The molecule has 0 aliphatic heterocycles. The fraction of sp³-hybridized carbons (Fsp3) is 0.518. The van der Waals surface area contributed by atoms with Crippen LogP contribution in [0.15, 0.2) is 146 Å². The van der Waals surface area contributed by atoms with Crippen LogP contribution < -0.4 is 0 Å². The quantitative estimate of drug-likeness (QED) is 0.0212. The lowest BCUT2D eigenvalue weighted by Gasteiger charge is -2.25. The molecular formula is C56H86NO8+. The van der Waals surface area contributed by atoms with Gasteiger partial charge in [0.1, 0.15) is 13.2 Å². The predicted molar refractivity (Wildman–Crippen MR) is 271 cm³/mol. The van der Waals surface area contributed by atoms with Gasteiger partial charge in [0.15, 0.2) is 6.10 Å². The van der Waals surface area contributed by atoms with Crippen molar-refractivity contribution in [3.05, 3.63) is 146 Å². The number of unbranched alkanes of at least 4 members (excludes halogenated alkanes) is 2. The summed E-state index contributed by atoms with van der Waals surface area (Å²) in [7, 11) is 5.90. The molecule has 0 saturated carbocycles. The zero-order valence-corrected chi connectivity index (χ0v) is 40.8. The molecule has 0 radical (unpaired) electrons. The van der Waals surface area contributed by atoms with Crippen LogP contribution >= 0.6 is 0 Å². The maximum absolute atomic E-state index is 12.8. The number of hydrogen-bond acceptors (Lipinski definition) is 7. The van der Waals surface area contributed by atoms with Gasteiger partial charge in [-0.1, -0.05) is 160 Å². The van der Waals surface area contributed by atoms with Gasteiger partial charge in [-0.05, 0) is 103 Å². The van der Waals surface area contributed by atoms with Gasteiger partial charge in [0.2, 0.25) is 0 Å². The molecule has 2 unspecified atom stereocenters. The molecule has 0 bridgehead atoms. The second kappa shape index (κ2) is 45.7. The van der Waals surface area contributed by atoms with Gasteiger partial charge >= 0.3 is 17.9 Å². The third kappa shape index (κ3) is 47.0. The normalized spacial score (nSPS) is 14.2. The lowest BCUT2D eigenvalue weighted by molar-refractivity contribution is -0.870. The average molecular weight is 901 g/mol. The second-order valence-electron chi connectivity index (χ2n) is 16.3. The fourth-order valence-corrected chi connectivity index (χ4v) is 5.45. The number of rotatable bonds is 41. The van der Waals surface area contributed by atoms with E-state index in [2.05, 4.69) is 154 Å². The predicted octanol–water partition coefficient (Wildman–Crippen LogP) is 13.3. The zero-order valence-electron chi connectivity index (χ0n) is 40.8. The molecule has 0 aromatic carbocycles. The van der Waals surface area contributed by atoms with E-state index in [0.717, 1.165) is 83.5 Å². The number of ether oxygens (including phenoxy) is 4. The Kier molecular flexibility index (Phi) is 42.3. The Balaban J connectivity index is 4.63. The van der Waals surface area contributed by atoms with E-state index in [1.807, 2.05) is 27.2 Å². The Bertz CT molecular complexity index is 1560. The SMILES string of the molecule is CC/C=C\C/C=C\C/C=C\C/C=C\C/C=C\C/C=C\C/C=C\CCCC(=O)OC(COC(=O)CCC/C=C\C/C=C\C/C=C\C/C=C\C/C=C\CC)COC(OCC[N+](C)(C)C)C(=O)O. The van der Waals surface area contributed by atoms with Gasteiger partial charge in [-0.3, -0.25) is 9.59 Å². The number of quaternary nitrogens is 1. The fourth-order valence-electron chi connectivity index (χ4n) is 5.45.